The van der Waals surface area contributed by atoms with E-state index in [0.717, 1.165) is 11.1 Å². The van der Waals surface area contributed by atoms with Crippen LogP contribution >= 0.6 is 0 Å². The maximum atomic E-state index is 12.6. The largest absolute Gasteiger partial charge is 0.401 e. The number of nitrogens with one attached hydrogen (secondary N) is 1. The van der Waals surface area contributed by atoms with Crippen LogP contribution in [0.2, 0.25) is 0 Å². The van der Waals surface area contributed by atoms with Gasteiger partial charge in [0, 0.05) is 18.8 Å². The van der Waals surface area contributed by atoms with Gasteiger partial charge in [0.2, 0.25) is 5.91 Å². The summed E-state index contributed by atoms with van der Waals surface area (Å²) in [5, 5.41) is 6.69. The molecule has 2 heterocycles. The van der Waals surface area contributed by atoms with E-state index in [1.165, 1.54) is 22.2 Å². The number of hydrogen-bond donors (Lipinski definition) is 1. The van der Waals surface area contributed by atoms with Crippen LogP contribution in [0.15, 0.2) is 30.9 Å². The summed E-state index contributed by atoms with van der Waals surface area (Å²) >= 11 is 0. The molecule has 1 aromatic heterocycles. The van der Waals surface area contributed by atoms with Gasteiger partial charge in [0.05, 0.1) is 6.54 Å². The molecule has 0 fully saturated rings. The van der Waals surface area contributed by atoms with Crippen LogP contribution in [0.1, 0.15) is 24.1 Å². The van der Waals surface area contributed by atoms with Crippen molar-refractivity contribution in [1.29, 1.82) is 0 Å². The van der Waals surface area contributed by atoms with Crippen molar-refractivity contribution < 1.29 is 18.0 Å². The molecule has 3 rings (SSSR count). The normalized spacial score (nSPS) is 16.0. The van der Waals surface area contributed by atoms with Crippen LogP contribution in [0, 0.1) is 0 Å². The second kappa shape index (κ2) is 6.23. The molecule has 1 unspecified atom stereocenters. The van der Waals surface area contributed by atoms with E-state index in [-0.39, 0.29) is 19.0 Å². The lowest BCUT2D eigenvalue weighted by molar-refractivity contribution is -0.147. The smallest absolute Gasteiger partial charge is 0.324 e. The lowest BCUT2D eigenvalue weighted by Crippen LogP contribution is -2.30. The minimum absolute atomic E-state index is 0.156. The van der Waals surface area contributed by atoms with Gasteiger partial charge in [-0.05, 0) is 24.1 Å². The van der Waals surface area contributed by atoms with Crippen molar-refractivity contribution in [3.63, 3.8) is 0 Å². The van der Waals surface area contributed by atoms with E-state index in [0.29, 0.717) is 5.69 Å². The molecule has 2 aromatic rings. The number of amides is 1. The Morgan fingerprint density at radius 1 is 1.38 bits per heavy atom. The first kappa shape index (κ1) is 16.4. The van der Waals surface area contributed by atoms with Crippen LogP contribution in [0.5, 0.6) is 0 Å². The van der Waals surface area contributed by atoms with E-state index in [2.05, 4.69) is 15.4 Å². The standard InChI is InChI=1S/C15H16F3N5O/c1-10(23-9-19-8-20-23)14(24)21-13-4-2-3-11-5-22(6-12(11)13)7-15(16,17)18/h2-4,8-10H,5-7H2,1H3,(H,21,24). The summed E-state index contributed by atoms with van der Waals surface area (Å²) < 4.78 is 39.1. The summed E-state index contributed by atoms with van der Waals surface area (Å²) in [6.07, 6.45) is -1.48. The van der Waals surface area contributed by atoms with Crippen molar-refractivity contribution in [2.24, 2.45) is 0 Å². The van der Waals surface area contributed by atoms with Crippen molar-refractivity contribution in [2.75, 3.05) is 11.9 Å². The number of rotatable bonds is 4. The molecule has 0 aliphatic carbocycles. The highest BCUT2D eigenvalue weighted by molar-refractivity contribution is 5.94. The van der Waals surface area contributed by atoms with Gasteiger partial charge in [-0.1, -0.05) is 12.1 Å². The second-order valence-electron chi connectivity index (χ2n) is 5.74. The van der Waals surface area contributed by atoms with E-state index < -0.39 is 18.8 Å². The molecule has 128 valence electrons. The number of nitrogens with zero attached hydrogens (tertiary/aromatic N) is 4. The number of anilines is 1. The Hall–Kier alpha value is -2.42. The lowest BCUT2D eigenvalue weighted by Gasteiger charge is -2.17. The Kier molecular flexibility index (Phi) is 4.27. The Bertz CT molecular complexity index is 729. The zero-order valence-corrected chi connectivity index (χ0v) is 12.9. The van der Waals surface area contributed by atoms with Gasteiger partial charge in [0.15, 0.2) is 0 Å². The SMILES string of the molecule is CC(C(=O)Nc1cccc2c1CN(CC(F)(F)F)C2)n1cncn1. The number of halogens is 3. The first-order valence-corrected chi connectivity index (χ1v) is 7.38. The number of carbonyl (C=O) groups excluding carboxylic acids is 1. The van der Waals surface area contributed by atoms with Gasteiger partial charge in [-0.2, -0.15) is 18.3 Å². The molecule has 1 aliphatic heterocycles. The molecular formula is C15H16F3N5O. The highest BCUT2D eigenvalue weighted by Crippen LogP contribution is 2.31. The van der Waals surface area contributed by atoms with Crippen molar-refractivity contribution >= 4 is 11.6 Å². The molecule has 1 N–H and O–H groups in total. The molecule has 0 spiro atoms. The van der Waals surface area contributed by atoms with Crippen LogP contribution in [0.25, 0.3) is 0 Å². The third-order valence-corrected chi connectivity index (χ3v) is 3.92. The third-order valence-electron chi connectivity index (χ3n) is 3.92. The number of fused-ring (bicyclic) bond motifs is 1. The topological polar surface area (TPSA) is 63.1 Å². The highest BCUT2D eigenvalue weighted by atomic mass is 19.4. The second-order valence-corrected chi connectivity index (χ2v) is 5.74. The monoisotopic (exact) mass is 339 g/mol. The summed E-state index contributed by atoms with van der Waals surface area (Å²) in [5.41, 5.74) is 2.06. The molecule has 0 saturated carbocycles. The Morgan fingerprint density at radius 2 is 2.17 bits per heavy atom. The number of benzene rings is 1. The summed E-state index contributed by atoms with van der Waals surface area (Å²) in [7, 11) is 0. The van der Waals surface area contributed by atoms with Gasteiger partial charge in [-0.3, -0.25) is 9.69 Å². The average Bonchev–Trinajstić information content (AvgIpc) is 3.13. The fraction of sp³-hybridized carbons (Fsp3) is 0.400. The molecule has 0 radical (unpaired) electrons. The van der Waals surface area contributed by atoms with Crippen molar-refractivity contribution in [3.8, 4) is 0 Å². The Morgan fingerprint density at radius 3 is 2.83 bits per heavy atom. The molecule has 1 atom stereocenters. The van der Waals surface area contributed by atoms with E-state index >= 15 is 0 Å². The van der Waals surface area contributed by atoms with Gasteiger partial charge in [-0.15, -0.1) is 0 Å². The van der Waals surface area contributed by atoms with Gasteiger partial charge >= 0.3 is 6.18 Å². The minimum Gasteiger partial charge on any atom is -0.324 e. The number of aromatic nitrogens is 3. The summed E-state index contributed by atoms with van der Waals surface area (Å²) in [4.78, 5) is 17.4. The lowest BCUT2D eigenvalue weighted by atomic mass is 10.1. The summed E-state index contributed by atoms with van der Waals surface area (Å²) in [6.45, 7) is 1.08. The summed E-state index contributed by atoms with van der Waals surface area (Å²) in [6, 6.07) is 4.63. The first-order chi connectivity index (χ1) is 11.3. The molecular weight excluding hydrogens is 323 g/mol. The van der Waals surface area contributed by atoms with E-state index in [9.17, 15) is 18.0 Å². The predicted molar refractivity (Wildman–Crippen MR) is 80.0 cm³/mol. The Balaban J connectivity index is 1.73. The number of alkyl halides is 3. The van der Waals surface area contributed by atoms with Crippen molar-refractivity contribution in [2.45, 2.75) is 32.2 Å². The summed E-state index contributed by atoms with van der Waals surface area (Å²) in [5.74, 6) is -0.303. The molecule has 9 heteroatoms. The molecule has 0 saturated heterocycles. The van der Waals surface area contributed by atoms with E-state index in [4.69, 9.17) is 0 Å². The van der Waals surface area contributed by atoms with Gasteiger partial charge in [-0.25, -0.2) is 9.67 Å². The quantitative estimate of drug-likeness (QED) is 0.929. The van der Waals surface area contributed by atoms with E-state index in [1.807, 2.05) is 0 Å². The number of hydrogen-bond acceptors (Lipinski definition) is 4. The number of carbonyl (C=O) groups is 1. The third kappa shape index (κ3) is 3.56. The van der Waals surface area contributed by atoms with Gasteiger partial charge in [0.25, 0.3) is 0 Å². The zero-order chi connectivity index (χ0) is 17.3. The van der Waals surface area contributed by atoms with Crippen LogP contribution in [0.3, 0.4) is 0 Å². The zero-order valence-electron chi connectivity index (χ0n) is 12.9. The molecule has 1 aliphatic rings. The Labute approximate surface area is 136 Å². The average molecular weight is 339 g/mol. The molecule has 1 aromatic carbocycles. The maximum absolute atomic E-state index is 12.6. The fourth-order valence-electron chi connectivity index (χ4n) is 2.75. The fourth-order valence-corrected chi connectivity index (χ4v) is 2.75. The molecule has 6 nitrogen and oxygen atoms in total. The first-order valence-electron chi connectivity index (χ1n) is 7.38. The van der Waals surface area contributed by atoms with Gasteiger partial charge in [0.1, 0.15) is 18.7 Å². The molecule has 1 amide bonds. The van der Waals surface area contributed by atoms with E-state index in [1.54, 1.807) is 25.1 Å². The van der Waals surface area contributed by atoms with Gasteiger partial charge < -0.3 is 5.32 Å². The predicted octanol–water partition coefficient (Wildman–Crippen LogP) is 2.36. The van der Waals surface area contributed by atoms with Crippen molar-refractivity contribution in [3.05, 3.63) is 42.0 Å². The minimum atomic E-state index is -4.24. The maximum Gasteiger partial charge on any atom is 0.401 e. The highest BCUT2D eigenvalue weighted by Gasteiger charge is 2.34. The van der Waals surface area contributed by atoms with Crippen LogP contribution in [0.4, 0.5) is 18.9 Å². The van der Waals surface area contributed by atoms with Crippen LogP contribution < -0.4 is 5.32 Å². The van der Waals surface area contributed by atoms with Crippen LogP contribution in [-0.2, 0) is 17.9 Å². The molecule has 24 heavy (non-hydrogen) atoms. The van der Waals surface area contributed by atoms with Crippen molar-refractivity contribution in [1.82, 2.24) is 19.7 Å². The molecule has 0 bridgehead atoms. The van der Waals surface area contributed by atoms with Crippen LogP contribution in [-0.4, -0.2) is 38.3 Å².